The van der Waals surface area contributed by atoms with Gasteiger partial charge < -0.3 is 5.11 Å². The van der Waals surface area contributed by atoms with Gasteiger partial charge in [0.25, 0.3) is 0 Å². The summed E-state index contributed by atoms with van der Waals surface area (Å²) in [6.45, 7) is 0. The van der Waals surface area contributed by atoms with E-state index in [4.69, 9.17) is 0 Å². The molecule has 1 atom stereocenters. The van der Waals surface area contributed by atoms with Crippen LogP contribution in [0.1, 0.15) is 17.2 Å². The molecule has 3 rings (SSSR count). The van der Waals surface area contributed by atoms with E-state index in [1.807, 2.05) is 60.7 Å². The number of hydrogen-bond donors (Lipinski definition) is 1. The second kappa shape index (κ2) is 5.72. The minimum atomic E-state index is -0.568. The smallest absolute Gasteiger partial charge is 0.104 e. The number of aliphatic hydroxyl groups excluding tert-OH is 1. The first-order valence-corrected chi connectivity index (χ1v) is 6.73. The van der Waals surface area contributed by atoms with Gasteiger partial charge in [-0.15, -0.1) is 0 Å². The van der Waals surface area contributed by atoms with Crippen LogP contribution in [0, 0.1) is 0 Å². The van der Waals surface area contributed by atoms with Gasteiger partial charge in [0.15, 0.2) is 0 Å². The average Bonchev–Trinajstić information content (AvgIpc) is 2.56. The first kappa shape index (κ1) is 12.6. The van der Waals surface area contributed by atoms with E-state index >= 15 is 0 Å². The van der Waals surface area contributed by atoms with E-state index in [2.05, 4.69) is 24.3 Å². The molecule has 1 nitrogen and oxygen atoms in total. The van der Waals surface area contributed by atoms with E-state index in [1.165, 1.54) is 5.56 Å². The van der Waals surface area contributed by atoms with Crippen LogP contribution in [0.15, 0.2) is 84.9 Å². The average molecular weight is 260 g/mol. The van der Waals surface area contributed by atoms with Gasteiger partial charge in [-0.1, -0.05) is 84.9 Å². The molecule has 0 saturated carbocycles. The van der Waals surface area contributed by atoms with Crippen molar-refractivity contribution in [1.82, 2.24) is 0 Å². The van der Waals surface area contributed by atoms with Gasteiger partial charge in [-0.25, -0.2) is 0 Å². The zero-order chi connectivity index (χ0) is 13.8. The molecular weight excluding hydrogens is 244 g/mol. The second-order valence-corrected chi connectivity index (χ2v) is 4.80. The lowest BCUT2D eigenvalue weighted by Gasteiger charge is -2.12. The minimum absolute atomic E-state index is 0.568. The Morgan fingerprint density at radius 1 is 0.500 bits per heavy atom. The molecule has 98 valence electrons. The van der Waals surface area contributed by atoms with Gasteiger partial charge >= 0.3 is 0 Å². The third kappa shape index (κ3) is 2.63. The van der Waals surface area contributed by atoms with E-state index in [-0.39, 0.29) is 0 Å². The summed E-state index contributed by atoms with van der Waals surface area (Å²) in [5.41, 5.74) is 4.18. The van der Waals surface area contributed by atoms with Crippen molar-refractivity contribution in [2.24, 2.45) is 0 Å². The number of hydrogen-bond acceptors (Lipinski definition) is 1. The summed E-state index contributed by atoms with van der Waals surface area (Å²) in [5, 5.41) is 10.4. The summed E-state index contributed by atoms with van der Waals surface area (Å²) >= 11 is 0. The first-order chi connectivity index (χ1) is 9.84. The highest BCUT2D eigenvalue weighted by Crippen LogP contribution is 2.25. The van der Waals surface area contributed by atoms with E-state index in [1.54, 1.807) is 0 Å². The topological polar surface area (TPSA) is 20.2 Å². The van der Waals surface area contributed by atoms with Crippen molar-refractivity contribution in [3.8, 4) is 11.1 Å². The molecule has 1 unspecified atom stereocenters. The Morgan fingerprint density at radius 2 is 0.950 bits per heavy atom. The standard InChI is InChI=1S/C19H16O/c20-19(17-9-5-2-6-10-17)18-13-11-16(12-14-18)15-7-3-1-4-8-15/h1-14,19-20H. The fraction of sp³-hybridized carbons (Fsp3) is 0.0526. The van der Waals surface area contributed by atoms with E-state index < -0.39 is 6.10 Å². The number of rotatable bonds is 3. The Bertz CT molecular complexity index is 657. The molecule has 0 aliphatic carbocycles. The largest absolute Gasteiger partial charge is 0.384 e. The lowest BCUT2D eigenvalue weighted by molar-refractivity contribution is 0.220. The normalized spacial score (nSPS) is 12.1. The highest BCUT2D eigenvalue weighted by atomic mass is 16.3. The maximum absolute atomic E-state index is 10.4. The Kier molecular flexibility index (Phi) is 3.62. The number of aliphatic hydroxyl groups is 1. The van der Waals surface area contributed by atoms with Crippen LogP contribution in [0.4, 0.5) is 0 Å². The SMILES string of the molecule is OC(c1ccccc1)c1ccc(-c2ccccc2)cc1. The van der Waals surface area contributed by atoms with E-state index in [0.29, 0.717) is 0 Å². The Labute approximate surface area is 119 Å². The molecule has 0 amide bonds. The van der Waals surface area contributed by atoms with E-state index in [0.717, 1.165) is 16.7 Å². The highest BCUT2D eigenvalue weighted by Gasteiger charge is 2.09. The Hall–Kier alpha value is -2.38. The molecule has 1 heteroatoms. The molecular formula is C19H16O. The summed E-state index contributed by atoms with van der Waals surface area (Å²) in [4.78, 5) is 0. The van der Waals surface area contributed by atoms with Gasteiger partial charge in [-0.05, 0) is 22.3 Å². The molecule has 0 fully saturated rings. The van der Waals surface area contributed by atoms with Gasteiger partial charge in [-0.2, -0.15) is 0 Å². The zero-order valence-electron chi connectivity index (χ0n) is 11.1. The lowest BCUT2D eigenvalue weighted by Crippen LogP contribution is -1.98. The molecule has 0 radical (unpaired) electrons. The maximum atomic E-state index is 10.4. The Morgan fingerprint density at radius 3 is 1.55 bits per heavy atom. The van der Waals surface area contributed by atoms with Crippen molar-refractivity contribution < 1.29 is 5.11 Å². The quantitative estimate of drug-likeness (QED) is 0.738. The van der Waals surface area contributed by atoms with Gasteiger partial charge in [0.1, 0.15) is 6.10 Å². The molecule has 0 aliphatic rings. The van der Waals surface area contributed by atoms with Gasteiger partial charge in [0.2, 0.25) is 0 Å². The molecule has 0 aliphatic heterocycles. The summed E-state index contributed by atoms with van der Waals surface area (Å²) in [6, 6.07) is 28.0. The van der Waals surface area contributed by atoms with Crippen molar-refractivity contribution in [3.05, 3.63) is 96.1 Å². The minimum Gasteiger partial charge on any atom is -0.384 e. The van der Waals surface area contributed by atoms with Crippen LogP contribution in [0.5, 0.6) is 0 Å². The molecule has 0 heterocycles. The van der Waals surface area contributed by atoms with Gasteiger partial charge in [-0.3, -0.25) is 0 Å². The van der Waals surface area contributed by atoms with Crippen molar-refractivity contribution in [2.75, 3.05) is 0 Å². The van der Waals surface area contributed by atoms with Crippen molar-refractivity contribution in [3.63, 3.8) is 0 Å². The monoisotopic (exact) mass is 260 g/mol. The molecule has 0 spiro atoms. The van der Waals surface area contributed by atoms with E-state index in [9.17, 15) is 5.11 Å². The van der Waals surface area contributed by atoms with Crippen LogP contribution in [0.2, 0.25) is 0 Å². The summed E-state index contributed by atoms with van der Waals surface area (Å²) in [5.74, 6) is 0. The molecule has 20 heavy (non-hydrogen) atoms. The molecule has 0 aromatic heterocycles. The zero-order valence-corrected chi connectivity index (χ0v) is 11.1. The molecule has 0 saturated heterocycles. The van der Waals surface area contributed by atoms with Crippen LogP contribution in [-0.2, 0) is 0 Å². The fourth-order valence-corrected chi connectivity index (χ4v) is 2.32. The summed E-state index contributed by atoms with van der Waals surface area (Å²) in [6.07, 6.45) is -0.568. The molecule has 3 aromatic rings. The van der Waals surface area contributed by atoms with Crippen LogP contribution in [0.3, 0.4) is 0 Å². The summed E-state index contributed by atoms with van der Waals surface area (Å²) < 4.78 is 0. The number of benzene rings is 3. The molecule has 1 N–H and O–H groups in total. The predicted octanol–water partition coefficient (Wildman–Crippen LogP) is 4.44. The second-order valence-electron chi connectivity index (χ2n) is 4.80. The first-order valence-electron chi connectivity index (χ1n) is 6.73. The predicted molar refractivity (Wildman–Crippen MR) is 82.4 cm³/mol. The van der Waals surface area contributed by atoms with Crippen LogP contribution in [-0.4, -0.2) is 5.11 Å². The lowest BCUT2D eigenvalue weighted by atomic mass is 9.98. The van der Waals surface area contributed by atoms with Crippen LogP contribution in [0.25, 0.3) is 11.1 Å². The van der Waals surface area contributed by atoms with Crippen LogP contribution < -0.4 is 0 Å². The highest BCUT2D eigenvalue weighted by molar-refractivity contribution is 5.63. The van der Waals surface area contributed by atoms with Crippen molar-refractivity contribution in [1.29, 1.82) is 0 Å². The summed E-state index contributed by atoms with van der Waals surface area (Å²) in [7, 11) is 0. The van der Waals surface area contributed by atoms with Crippen molar-refractivity contribution >= 4 is 0 Å². The molecule has 0 bridgehead atoms. The third-order valence-electron chi connectivity index (χ3n) is 3.45. The third-order valence-corrected chi connectivity index (χ3v) is 3.45. The Balaban J connectivity index is 1.87. The van der Waals surface area contributed by atoms with Crippen molar-refractivity contribution in [2.45, 2.75) is 6.10 Å². The molecule has 3 aromatic carbocycles. The van der Waals surface area contributed by atoms with Crippen LogP contribution >= 0.6 is 0 Å². The van der Waals surface area contributed by atoms with Gasteiger partial charge in [0, 0.05) is 0 Å². The fourth-order valence-electron chi connectivity index (χ4n) is 2.32. The van der Waals surface area contributed by atoms with Gasteiger partial charge in [0.05, 0.1) is 0 Å². The maximum Gasteiger partial charge on any atom is 0.104 e.